The van der Waals surface area contributed by atoms with Crippen molar-refractivity contribution in [3.63, 3.8) is 0 Å². The topological polar surface area (TPSA) is 33.9 Å². The third-order valence-electron chi connectivity index (χ3n) is 4.47. The smallest absolute Gasteiger partial charge is 0.128 e. The maximum atomic E-state index is 10.4. The highest BCUT2D eigenvalue weighted by molar-refractivity contribution is 5.37. The molecule has 2 aromatic rings. The third kappa shape index (κ3) is 4.47. The van der Waals surface area contributed by atoms with Gasteiger partial charge in [0.2, 0.25) is 0 Å². The SMILES string of the molecule is COc1ccc2c(c1)C(O)C[NH+](CCCc1ccccc1)C2.[Cl-]. The number of hydrogen-bond donors (Lipinski definition) is 2. The van der Waals surface area contributed by atoms with E-state index in [0.717, 1.165) is 43.8 Å². The van der Waals surface area contributed by atoms with Gasteiger partial charge >= 0.3 is 0 Å². The van der Waals surface area contributed by atoms with Crippen molar-refractivity contribution < 1.29 is 27.2 Å². The fourth-order valence-electron chi connectivity index (χ4n) is 3.27. The van der Waals surface area contributed by atoms with E-state index in [9.17, 15) is 5.11 Å². The first kappa shape index (κ1) is 17.8. The molecule has 23 heavy (non-hydrogen) atoms. The number of aliphatic hydroxyl groups excluding tert-OH is 1. The lowest BCUT2D eigenvalue weighted by Gasteiger charge is -2.29. The fourth-order valence-corrected chi connectivity index (χ4v) is 3.27. The molecular formula is C19H24ClNO2. The molecule has 0 aliphatic carbocycles. The summed E-state index contributed by atoms with van der Waals surface area (Å²) in [7, 11) is 1.66. The molecule has 2 aromatic carbocycles. The van der Waals surface area contributed by atoms with E-state index >= 15 is 0 Å². The summed E-state index contributed by atoms with van der Waals surface area (Å²) in [6.45, 7) is 2.87. The first-order chi connectivity index (χ1) is 10.8. The molecule has 124 valence electrons. The summed E-state index contributed by atoms with van der Waals surface area (Å²) in [6.07, 6.45) is 1.87. The van der Waals surface area contributed by atoms with Crippen molar-refractivity contribution in [2.75, 3.05) is 20.2 Å². The van der Waals surface area contributed by atoms with Crippen molar-refractivity contribution in [2.24, 2.45) is 0 Å². The molecule has 0 saturated heterocycles. The molecule has 2 unspecified atom stereocenters. The summed E-state index contributed by atoms with van der Waals surface area (Å²) in [4.78, 5) is 1.46. The minimum atomic E-state index is -0.384. The summed E-state index contributed by atoms with van der Waals surface area (Å²) >= 11 is 0. The van der Waals surface area contributed by atoms with Crippen molar-refractivity contribution in [2.45, 2.75) is 25.5 Å². The van der Waals surface area contributed by atoms with Crippen LogP contribution in [-0.4, -0.2) is 25.3 Å². The zero-order valence-corrected chi connectivity index (χ0v) is 14.2. The van der Waals surface area contributed by atoms with Crippen LogP contribution in [0.25, 0.3) is 0 Å². The van der Waals surface area contributed by atoms with Crippen LogP contribution in [0.1, 0.15) is 29.2 Å². The number of quaternary nitrogens is 1. The molecule has 4 heteroatoms. The minimum Gasteiger partial charge on any atom is -1.00 e. The van der Waals surface area contributed by atoms with Crippen LogP contribution in [0, 0.1) is 0 Å². The Bertz CT molecular complexity index is 618. The molecule has 2 atom stereocenters. The number of ether oxygens (including phenoxy) is 1. The second-order valence-corrected chi connectivity index (χ2v) is 6.05. The van der Waals surface area contributed by atoms with Gasteiger partial charge in [-0.15, -0.1) is 0 Å². The Morgan fingerprint density at radius 1 is 1.17 bits per heavy atom. The second kappa shape index (κ2) is 8.34. The molecule has 0 saturated carbocycles. The third-order valence-corrected chi connectivity index (χ3v) is 4.47. The summed E-state index contributed by atoms with van der Waals surface area (Å²) in [5.41, 5.74) is 3.67. The molecule has 1 aliphatic rings. The predicted molar refractivity (Wildman–Crippen MR) is 87.1 cm³/mol. The van der Waals surface area contributed by atoms with Gasteiger partial charge in [0.1, 0.15) is 24.9 Å². The van der Waals surface area contributed by atoms with Crippen LogP contribution in [-0.2, 0) is 13.0 Å². The van der Waals surface area contributed by atoms with E-state index in [4.69, 9.17) is 4.74 Å². The van der Waals surface area contributed by atoms with Crippen LogP contribution >= 0.6 is 0 Å². The Kier molecular flexibility index (Phi) is 6.46. The van der Waals surface area contributed by atoms with Crippen molar-refractivity contribution in [1.82, 2.24) is 0 Å². The van der Waals surface area contributed by atoms with Gasteiger partial charge < -0.3 is 27.2 Å². The molecule has 0 fully saturated rings. The van der Waals surface area contributed by atoms with Crippen LogP contribution < -0.4 is 22.0 Å². The van der Waals surface area contributed by atoms with E-state index < -0.39 is 0 Å². The number of hydrogen-bond acceptors (Lipinski definition) is 2. The molecule has 0 amide bonds. The van der Waals surface area contributed by atoms with Crippen LogP contribution in [0.3, 0.4) is 0 Å². The van der Waals surface area contributed by atoms with Gasteiger partial charge in [-0.3, -0.25) is 0 Å². The summed E-state index contributed by atoms with van der Waals surface area (Å²) in [5, 5.41) is 10.4. The Hall–Kier alpha value is -1.55. The molecule has 0 aromatic heterocycles. The number of aryl methyl sites for hydroxylation is 1. The molecule has 0 radical (unpaired) electrons. The second-order valence-electron chi connectivity index (χ2n) is 6.05. The van der Waals surface area contributed by atoms with Crippen LogP contribution in [0.5, 0.6) is 5.75 Å². The minimum absolute atomic E-state index is 0. The van der Waals surface area contributed by atoms with E-state index in [2.05, 4.69) is 36.4 Å². The van der Waals surface area contributed by atoms with Crippen molar-refractivity contribution in [3.8, 4) is 5.75 Å². The van der Waals surface area contributed by atoms with Gasteiger partial charge in [-0.2, -0.15) is 0 Å². The number of rotatable bonds is 5. The maximum absolute atomic E-state index is 10.4. The number of benzene rings is 2. The Morgan fingerprint density at radius 3 is 2.70 bits per heavy atom. The Morgan fingerprint density at radius 2 is 1.96 bits per heavy atom. The highest BCUT2D eigenvalue weighted by atomic mass is 35.5. The van der Waals surface area contributed by atoms with Gasteiger partial charge in [0.15, 0.2) is 0 Å². The first-order valence-corrected chi connectivity index (χ1v) is 7.98. The van der Waals surface area contributed by atoms with E-state index in [1.807, 2.05) is 12.1 Å². The number of aliphatic hydroxyl groups is 1. The normalized spacial score (nSPS) is 19.6. The van der Waals surface area contributed by atoms with Crippen molar-refractivity contribution >= 4 is 0 Å². The van der Waals surface area contributed by atoms with Gasteiger partial charge in [0.25, 0.3) is 0 Å². The average Bonchev–Trinajstić information content (AvgIpc) is 2.56. The number of methoxy groups -OCH3 is 1. The summed E-state index contributed by atoms with van der Waals surface area (Å²) in [6, 6.07) is 16.7. The van der Waals surface area contributed by atoms with Gasteiger partial charge in [-0.05, 0) is 35.7 Å². The molecule has 3 rings (SSSR count). The largest absolute Gasteiger partial charge is 1.00 e. The predicted octanol–water partition coefficient (Wildman–Crippen LogP) is -1.24. The quantitative estimate of drug-likeness (QED) is 0.718. The average molecular weight is 334 g/mol. The Labute approximate surface area is 144 Å². The molecule has 1 aliphatic heterocycles. The van der Waals surface area contributed by atoms with Crippen LogP contribution in [0.2, 0.25) is 0 Å². The molecule has 0 spiro atoms. The van der Waals surface area contributed by atoms with Crippen molar-refractivity contribution in [3.05, 3.63) is 65.2 Å². The molecule has 2 N–H and O–H groups in total. The van der Waals surface area contributed by atoms with E-state index in [-0.39, 0.29) is 18.5 Å². The number of fused-ring (bicyclic) bond motifs is 1. The van der Waals surface area contributed by atoms with E-state index in [1.165, 1.54) is 16.0 Å². The van der Waals surface area contributed by atoms with E-state index in [0.29, 0.717) is 0 Å². The van der Waals surface area contributed by atoms with Gasteiger partial charge in [-0.1, -0.05) is 30.3 Å². The number of halogens is 1. The van der Waals surface area contributed by atoms with Crippen LogP contribution in [0.4, 0.5) is 0 Å². The zero-order valence-electron chi connectivity index (χ0n) is 13.5. The molecule has 1 heterocycles. The number of nitrogens with one attached hydrogen (secondary N) is 1. The highest BCUT2D eigenvalue weighted by Gasteiger charge is 2.26. The monoisotopic (exact) mass is 333 g/mol. The lowest BCUT2D eigenvalue weighted by Crippen LogP contribution is -3.12. The lowest BCUT2D eigenvalue weighted by molar-refractivity contribution is -0.920. The molecule has 3 nitrogen and oxygen atoms in total. The summed E-state index contributed by atoms with van der Waals surface area (Å²) < 4.78 is 5.25. The molecular weight excluding hydrogens is 310 g/mol. The van der Waals surface area contributed by atoms with Gasteiger partial charge in [-0.25, -0.2) is 0 Å². The van der Waals surface area contributed by atoms with Crippen LogP contribution in [0.15, 0.2) is 48.5 Å². The van der Waals surface area contributed by atoms with E-state index in [1.54, 1.807) is 7.11 Å². The van der Waals surface area contributed by atoms with Gasteiger partial charge in [0.05, 0.1) is 13.7 Å². The maximum Gasteiger partial charge on any atom is 0.128 e. The zero-order chi connectivity index (χ0) is 15.4. The first-order valence-electron chi connectivity index (χ1n) is 7.98. The van der Waals surface area contributed by atoms with Crippen molar-refractivity contribution in [1.29, 1.82) is 0 Å². The molecule has 0 bridgehead atoms. The Balaban J connectivity index is 0.00000192. The lowest BCUT2D eigenvalue weighted by atomic mass is 9.96. The van der Waals surface area contributed by atoms with Gasteiger partial charge in [0, 0.05) is 12.0 Å². The standard InChI is InChI=1S/C19H23NO2.ClH/c1-22-17-10-9-16-13-20(14-19(21)18(16)12-17)11-5-8-15-6-3-2-4-7-15;/h2-4,6-7,9-10,12,19,21H,5,8,11,13-14H2,1H3;1H. The summed E-state index contributed by atoms with van der Waals surface area (Å²) in [5.74, 6) is 0.824. The highest BCUT2D eigenvalue weighted by Crippen LogP contribution is 2.24. The fraction of sp³-hybridized carbons (Fsp3) is 0.368.